The second kappa shape index (κ2) is 11.7. The number of piperidine rings is 1. The van der Waals surface area contributed by atoms with E-state index >= 15 is 0 Å². The molecule has 9 heteroatoms. The number of hydrogen-bond acceptors (Lipinski definition) is 6. The van der Waals surface area contributed by atoms with Crippen molar-refractivity contribution in [3.63, 3.8) is 0 Å². The molecule has 0 saturated carbocycles. The van der Waals surface area contributed by atoms with Gasteiger partial charge in [0, 0.05) is 37.1 Å². The maximum Gasteiger partial charge on any atom is 0.274 e. The molecule has 34 heavy (non-hydrogen) atoms. The van der Waals surface area contributed by atoms with Gasteiger partial charge in [-0.3, -0.25) is 24.2 Å². The number of benzene rings is 1. The van der Waals surface area contributed by atoms with Gasteiger partial charge in [-0.1, -0.05) is 25.1 Å². The Balaban J connectivity index is 1.65. The first-order chi connectivity index (χ1) is 16.4. The summed E-state index contributed by atoms with van der Waals surface area (Å²) in [7, 11) is 0. The molecule has 0 aliphatic carbocycles. The maximum absolute atomic E-state index is 13.3. The number of hydroxylamine groups is 1. The van der Waals surface area contributed by atoms with E-state index in [9.17, 15) is 14.4 Å². The van der Waals surface area contributed by atoms with Crippen LogP contribution in [0.15, 0.2) is 42.6 Å². The zero-order valence-corrected chi connectivity index (χ0v) is 19.8. The van der Waals surface area contributed by atoms with E-state index in [1.807, 2.05) is 38.1 Å². The topological polar surface area (TPSA) is 127 Å². The van der Waals surface area contributed by atoms with Gasteiger partial charge in [-0.05, 0) is 55.5 Å². The van der Waals surface area contributed by atoms with Crippen LogP contribution in [-0.4, -0.2) is 53.8 Å². The predicted octanol–water partition coefficient (Wildman–Crippen LogP) is 1.50. The fourth-order valence-corrected chi connectivity index (χ4v) is 4.01. The van der Waals surface area contributed by atoms with Crippen molar-refractivity contribution in [3.05, 3.63) is 65.0 Å². The lowest BCUT2D eigenvalue weighted by Crippen LogP contribution is -2.53. The number of nitrogens with two attached hydrogens (primary N) is 1. The van der Waals surface area contributed by atoms with Crippen LogP contribution in [0.4, 0.5) is 0 Å². The van der Waals surface area contributed by atoms with Gasteiger partial charge in [0.25, 0.3) is 5.91 Å². The number of aryl methyl sites for hydroxylation is 2. The van der Waals surface area contributed by atoms with E-state index in [2.05, 4.69) is 15.8 Å². The number of rotatable bonds is 9. The number of carbonyl (C=O) groups excluding carboxylic acids is 3. The average molecular weight is 468 g/mol. The SMILES string of the molecule is CCc1ccc(C(=O)NOCC2(C(=O)NCc3cccnc3C)CCN(C(=O)CN)CC2)cc1. The molecule has 1 aliphatic heterocycles. The van der Waals surface area contributed by atoms with E-state index < -0.39 is 5.41 Å². The minimum Gasteiger partial charge on any atom is -0.351 e. The van der Waals surface area contributed by atoms with E-state index in [1.165, 1.54) is 0 Å². The zero-order valence-electron chi connectivity index (χ0n) is 19.8. The lowest BCUT2D eigenvalue weighted by molar-refractivity contribution is -0.145. The third-order valence-corrected chi connectivity index (χ3v) is 6.42. The third-order valence-electron chi connectivity index (χ3n) is 6.42. The van der Waals surface area contributed by atoms with Crippen LogP contribution in [0.1, 0.15) is 46.9 Å². The highest BCUT2D eigenvalue weighted by Gasteiger charge is 2.42. The van der Waals surface area contributed by atoms with Crippen molar-refractivity contribution in [2.75, 3.05) is 26.2 Å². The molecule has 4 N–H and O–H groups in total. The van der Waals surface area contributed by atoms with E-state index in [1.54, 1.807) is 23.2 Å². The minimum absolute atomic E-state index is 0.00566. The molecule has 1 aromatic heterocycles. The smallest absolute Gasteiger partial charge is 0.274 e. The summed E-state index contributed by atoms with van der Waals surface area (Å²) in [5.41, 5.74) is 10.4. The summed E-state index contributed by atoms with van der Waals surface area (Å²) in [5.74, 6) is -0.707. The molecule has 2 heterocycles. The number of nitrogens with zero attached hydrogens (tertiary/aromatic N) is 2. The van der Waals surface area contributed by atoms with Gasteiger partial charge < -0.3 is 16.0 Å². The molecule has 1 saturated heterocycles. The largest absolute Gasteiger partial charge is 0.351 e. The van der Waals surface area contributed by atoms with Crippen molar-refractivity contribution < 1.29 is 19.2 Å². The monoisotopic (exact) mass is 467 g/mol. The highest BCUT2D eigenvalue weighted by atomic mass is 16.7. The zero-order chi connectivity index (χ0) is 24.6. The Hall–Kier alpha value is -3.30. The fourth-order valence-electron chi connectivity index (χ4n) is 4.01. The minimum atomic E-state index is -0.888. The summed E-state index contributed by atoms with van der Waals surface area (Å²) in [4.78, 5) is 49.3. The molecule has 0 spiro atoms. The molecule has 3 amide bonds. The van der Waals surface area contributed by atoms with Crippen LogP contribution >= 0.6 is 0 Å². The Morgan fingerprint density at radius 1 is 1.15 bits per heavy atom. The molecule has 2 aromatic rings. The Morgan fingerprint density at radius 3 is 2.47 bits per heavy atom. The quantitative estimate of drug-likeness (QED) is 0.480. The summed E-state index contributed by atoms with van der Waals surface area (Å²) in [6.45, 7) is 4.99. The van der Waals surface area contributed by atoms with Crippen LogP contribution in [0.3, 0.4) is 0 Å². The summed E-state index contributed by atoms with van der Waals surface area (Å²) < 4.78 is 0. The normalized spacial score (nSPS) is 15.0. The van der Waals surface area contributed by atoms with Crippen LogP contribution in [0.2, 0.25) is 0 Å². The van der Waals surface area contributed by atoms with Gasteiger partial charge in [0.2, 0.25) is 11.8 Å². The first-order valence-electron chi connectivity index (χ1n) is 11.6. The van der Waals surface area contributed by atoms with Crippen molar-refractivity contribution in [2.24, 2.45) is 11.1 Å². The molecule has 1 aromatic carbocycles. The Bertz CT molecular complexity index is 1000. The molecule has 0 atom stereocenters. The number of likely N-dealkylation sites (tertiary alicyclic amines) is 1. The molecular formula is C25H33N5O4. The molecule has 9 nitrogen and oxygen atoms in total. The van der Waals surface area contributed by atoms with Crippen molar-refractivity contribution >= 4 is 17.7 Å². The lowest BCUT2D eigenvalue weighted by atomic mass is 9.78. The van der Waals surface area contributed by atoms with Gasteiger partial charge in [0.15, 0.2) is 0 Å². The molecule has 0 bridgehead atoms. The first-order valence-corrected chi connectivity index (χ1v) is 11.6. The van der Waals surface area contributed by atoms with Crippen LogP contribution in [0, 0.1) is 12.3 Å². The number of aromatic nitrogens is 1. The molecule has 182 valence electrons. The van der Waals surface area contributed by atoms with Crippen molar-refractivity contribution in [2.45, 2.75) is 39.7 Å². The molecule has 0 unspecified atom stereocenters. The van der Waals surface area contributed by atoms with Crippen molar-refractivity contribution in [3.8, 4) is 0 Å². The van der Waals surface area contributed by atoms with E-state index in [4.69, 9.17) is 10.6 Å². The maximum atomic E-state index is 13.3. The van der Waals surface area contributed by atoms with Crippen molar-refractivity contribution in [1.82, 2.24) is 20.7 Å². The fraction of sp³-hybridized carbons (Fsp3) is 0.440. The number of carbonyl (C=O) groups is 3. The average Bonchev–Trinajstić information content (AvgIpc) is 2.87. The summed E-state index contributed by atoms with van der Waals surface area (Å²) in [5, 5.41) is 2.99. The molecule has 1 fully saturated rings. The van der Waals surface area contributed by atoms with E-state index in [0.717, 1.165) is 23.2 Å². The van der Waals surface area contributed by atoms with Gasteiger partial charge in [0.1, 0.15) is 0 Å². The third kappa shape index (κ3) is 6.18. The lowest BCUT2D eigenvalue weighted by Gasteiger charge is -2.40. The molecule has 0 radical (unpaired) electrons. The van der Waals surface area contributed by atoms with Gasteiger partial charge in [0.05, 0.1) is 18.6 Å². The van der Waals surface area contributed by atoms with Crippen LogP contribution in [0.5, 0.6) is 0 Å². The molecule has 3 rings (SSSR count). The second-order valence-electron chi connectivity index (χ2n) is 8.57. The number of hydrogen-bond donors (Lipinski definition) is 3. The van der Waals surface area contributed by atoms with Crippen LogP contribution in [0.25, 0.3) is 0 Å². The first kappa shape index (κ1) is 25.3. The highest BCUT2D eigenvalue weighted by molar-refractivity contribution is 5.93. The Morgan fingerprint density at radius 2 is 1.85 bits per heavy atom. The number of nitrogens with one attached hydrogen (secondary N) is 2. The summed E-state index contributed by atoms with van der Waals surface area (Å²) in [6, 6.07) is 11.0. The van der Waals surface area contributed by atoms with Gasteiger partial charge in [-0.25, -0.2) is 5.48 Å². The Kier molecular flexibility index (Phi) is 8.72. The predicted molar refractivity (Wildman–Crippen MR) is 127 cm³/mol. The Labute approximate surface area is 200 Å². The van der Waals surface area contributed by atoms with E-state index in [0.29, 0.717) is 38.0 Å². The highest BCUT2D eigenvalue weighted by Crippen LogP contribution is 2.32. The summed E-state index contributed by atoms with van der Waals surface area (Å²) >= 11 is 0. The van der Waals surface area contributed by atoms with Gasteiger partial charge in [-0.15, -0.1) is 0 Å². The van der Waals surface area contributed by atoms with Gasteiger partial charge in [-0.2, -0.15) is 0 Å². The number of amides is 3. The van der Waals surface area contributed by atoms with Crippen molar-refractivity contribution in [1.29, 1.82) is 0 Å². The second-order valence-corrected chi connectivity index (χ2v) is 8.57. The standard InChI is InChI=1S/C25H33N5O4/c1-3-19-6-8-20(9-7-19)23(32)29-34-17-25(10-13-30(14-11-25)22(31)15-26)24(33)28-16-21-5-4-12-27-18(21)2/h4-9,12H,3,10-11,13-17,26H2,1-2H3,(H,28,33)(H,29,32). The molecule has 1 aliphatic rings. The van der Waals surface area contributed by atoms with Crippen LogP contribution in [-0.2, 0) is 27.4 Å². The van der Waals surface area contributed by atoms with Crippen LogP contribution < -0.4 is 16.5 Å². The molecular weight excluding hydrogens is 434 g/mol. The summed E-state index contributed by atoms with van der Waals surface area (Å²) in [6.07, 6.45) is 3.40. The van der Waals surface area contributed by atoms with E-state index in [-0.39, 0.29) is 30.9 Å². The van der Waals surface area contributed by atoms with Gasteiger partial charge >= 0.3 is 0 Å². The number of pyridine rings is 1.